The first-order valence-electron chi connectivity index (χ1n) is 7.31. The van der Waals surface area contributed by atoms with Crippen molar-refractivity contribution >= 4 is 56.4 Å². The van der Waals surface area contributed by atoms with Crippen molar-refractivity contribution in [1.29, 1.82) is 0 Å². The highest BCUT2D eigenvalue weighted by Crippen LogP contribution is 2.29. The lowest BCUT2D eigenvalue weighted by atomic mass is 10.1. The Kier molecular flexibility index (Phi) is 4.92. The third-order valence-corrected chi connectivity index (χ3v) is 6.00. The van der Waals surface area contributed by atoms with Gasteiger partial charge in [0, 0.05) is 12.1 Å². The first-order chi connectivity index (χ1) is 12.2. The van der Waals surface area contributed by atoms with Gasteiger partial charge in [-0.15, -0.1) is 0 Å². The molecule has 0 aromatic heterocycles. The van der Waals surface area contributed by atoms with Crippen molar-refractivity contribution in [2.45, 2.75) is 6.42 Å². The topological polar surface area (TPSA) is 83.6 Å². The van der Waals surface area contributed by atoms with Crippen LogP contribution in [0.4, 0.5) is 15.8 Å². The average molecular weight is 417 g/mol. The van der Waals surface area contributed by atoms with E-state index in [0.29, 0.717) is 4.31 Å². The molecule has 2 amide bonds. The lowest BCUT2D eigenvalue weighted by Gasteiger charge is -2.16. The quantitative estimate of drug-likeness (QED) is 0.830. The zero-order valence-corrected chi connectivity index (χ0v) is 15.3. The number of nitrogens with one attached hydrogen (secondary N) is 1. The maximum atomic E-state index is 13.2. The molecular formula is C16H11Cl2FN2O4S. The maximum Gasteiger partial charge on any atom is 0.257 e. The summed E-state index contributed by atoms with van der Waals surface area (Å²) in [7, 11) is -3.76. The molecule has 1 heterocycles. The second kappa shape index (κ2) is 6.86. The van der Waals surface area contributed by atoms with Gasteiger partial charge >= 0.3 is 0 Å². The Morgan fingerprint density at radius 2 is 1.85 bits per heavy atom. The standard InChI is InChI=1S/C16H11Cl2FN2O4S/c17-12-3-2-10(21-15(22)5-6-26(21,24)25)8-11(12)16(23)20-9-1-4-14(19)13(18)7-9/h1-4,7-8H,5-6H2,(H,20,23). The summed E-state index contributed by atoms with van der Waals surface area (Å²) in [5, 5.41) is 2.38. The number of carbonyl (C=O) groups is 2. The van der Waals surface area contributed by atoms with Crippen LogP contribution in [-0.2, 0) is 14.8 Å². The second-order valence-electron chi connectivity index (χ2n) is 5.47. The van der Waals surface area contributed by atoms with Gasteiger partial charge in [-0.05, 0) is 36.4 Å². The minimum absolute atomic E-state index is 0.0270. The number of sulfonamides is 1. The molecule has 0 aliphatic carbocycles. The fraction of sp³-hybridized carbons (Fsp3) is 0.125. The average Bonchev–Trinajstić information content (AvgIpc) is 2.85. The minimum Gasteiger partial charge on any atom is -0.322 e. The van der Waals surface area contributed by atoms with E-state index < -0.39 is 27.7 Å². The number of rotatable bonds is 3. The lowest BCUT2D eigenvalue weighted by molar-refractivity contribution is -0.116. The predicted molar refractivity (Wildman–Crippen MR) is 96.7 cm³/mol. The number of nitrogens with zero attached hydrogens (tertiary/aromatic N) is 1. The van der Waals surface area contributed by atoms with Crippen molar-refractivity contribution < 1.29 is 22.4 Å². The number of hydrogen-bond donors (Lipinski definition) is 1. The molecule has 1 saturated heterocycles. The molecule has 2 aromatic rings. The molecule has 2 aromatic carbocycles. The number of anilines is 2. The summed E-state index contributed by atoms with van der Waals surface area (Å²) in [4.78, 5) is 24.3. The third kappa shape index (κ3) is 3.53. The summed E-state index contributed by atoms with van der Waals surface area (Å²) in [5.74, 6) is -2.17. The highest BCUT2D eigenvalue weighted by atomic mass is 35.5. The molecule has 0 bridgehead atoms. The largest absolute Gasteiger partial charge is 0.322 e. The zero-order valence-electron chi connectivity index (χ0n) is 13.0. The van der Waals surface area contributed by atoms with Crippen LogP contribution < -0.4 is 9.62 Å². The fourth-order valence-corrected chi connectivity index (χ4v) is 4.29. The van der Waals surface area contributed by atoms with Crippen LogP contribution in [0.2, 0.25) is 10.0 Å². The fourth-order valence-electron chi connectivity index (χ4n) is 2.45. The van der Waals surface area contributed by atoms with Crippen LogP contribution in [0.1, 0.15) is 16.8 Å². The van der Waals surface area contributed by atoms with Gasteiger partial charge in [0.15, 0.2) is 0 Å². The van der Waals surface area contributed by atoms with Gasteiger partial charge in [0.2, 0.25) is 15.9 Å². The monoisotopic (exact) mass is 416 g/mol. The molecule has 10 heteroatoms. The molecule has 6 nitrogen and oxygen atoms in total. The Morgan fingerprint density at radius 3 is 2.46 bits per heavy atom. The molecule has 0 radical (unpaired) electrons. The van der Waals surface area contributed by atoms with E-state index in [1.807, 2.05) is 0 Å². The number of halogens is 3. The van der Waals surface area contributed by atoms with Gasteiger partial charge in [-0.2, -0.15) is 0 Å². The molecular weight excluding hydrogens is 406 g/mol. The Labute approximate surface area is 158 Å². The molecule has 1 fully saturated rings. The SMILES string of the molecule is O=C(Nc1ccc(F)c(Cl)c1)c1cc(N2C(=O)CCS2(=O)=O)ccc1Cl. The predicted octanol–water partition coefficient (Wildman–Crippen LogP) is 3.45. The normalized spacial score (nSPS) is 16.0. The van der Waals surface area contributed by atoms with Crippen LogP contribution in [0.3, 0.4) is 0 Å². The first-order valence-corrected chi connectivity index (χ1v) is 9.67. The van der Waals surface area contributed by atoms with Crippen molar-refractivity contribution in [2.75, 3.05) is 15.4 Å². The summed E-state index contributed by atoms with van der Waals surface area (Å²) < 4.78 is 37.9. The van der Waals surface area contributed by atoms with E-state index in [2.05, 4.69) is 5.32 Å². The number of carbonyl (C=O) groups excluding carboxylic acids is 2. The summed E-state index contributed by atoms with van der Waals surface area (Å²) in [5.41, 5.74) is 0.214. The van der Waals surface area contributed by atoms with E-state index in [4.69, 9.17) is 23.2 Å². The van der Waals surface area contributed by atoms with E-state index in [9.17, 15) is 22.4 Å². The van der Waals surface area contributed by atoms with E-state index in [1.165, 1.54) is 30.3 Å². The van der Waals surface area contributed by atoms with Gasteiger partial charge < -0.3 is 5.32 Å². The molecule has 1 N–H and O–H groups in total. The smallest absolute Gasteiger partial charge is 0.257 e. The number of benzene rings is 2. The van der Waals surface area contributed by atoms with Crippen LogP contribution in [0.15, 0.2) is 36.4 Å². The lowest BCUT2D eigenvalue weighted by Crippen LogP contribution is -2.29. The molecule has 0 saturated carbocycles. The van der Waals surface area contributed by atoms with Crippen LogP contribution in [0.5, 0.6) is 0 Å². The number of hydrogen-bond acceptors (Lipinski definition) is 4. The maximum absolute atomic E-state index is 13.2. The molecule has 0 atom stereocenters. The van der Waals surface area contributed by atoms with E-state index in [-0.39, 0.29) is 39.2 Å². The van der Waals surface area contributed by atoms with Crippen LogP contribution in [0.25, 0.3) is 0 Å². The highest BCUT2D eigenvalue weighted by molar-refractivity contribution is 7.94. The third-order valence-electron chi connectivity index (χ3n) is 3.69. The van der Waals surface area contributed by atoms with E-state index >= 15 is 0 Å². The molecule has 0 unspecified atom stereocenters. The first kappa shape index (κ1) is 18.6. The zero-order chi connectivity index (χ0) is 19.1. The van der Waals surface area contributed by atoms with Gasteiger partial charge in [0.05, 0.1) is 27.0 Å². The molecule has 1 aliphatic rings. The second-order valence-corrected chi connectivity index (χ2v) is 8.22. The Hall–Kier alpha value is -2.16. The van der Waals surface area contributed by atoms with Crippen molar-refractivity contribution in [1.82, 2.24) is 0 Å². The number of amides is 2. The Morgan fingerprint density at radius 1 is 1.12 bits per heavy atom. The van der Waals surface area contributed by atoms with E-state index in [0.717, 1.165) is 6.07 Å². The van der Waals surface area contributed by atoms with Gasteiger partial charge in [-0.25, -0.2) is 17.1 Å². The molecule has 1 aliphatic heterocycles. The summed E-state index contributed by atoms with van der Waals surface area (Å²) >= 11 is 11.7. The molecule has 0 spiro atoms. The van der Waals surface area contributed by atoms with Crippen molar-refractivity contribution in [3.05, 3.63) is 57.8 Å². The molecule has 136 valence electrons. The summed E-state index contributed by atoms with van der Waals surface area (Å²) in [6.07, 6.45) is -0.124. The van der Waals surface area contributed by atoms with Crippen LogP contribution >= 0.6 is 23.2 Å². The van der Waals surface area contributed by atoms with Crippen molar-refractivity contribution in [3.8, 4) is 0 Å². The summed E-state index contributed by atoms with van der Waals surface area (Å²) in [6, 6.07) is 7.50. The van der Waals surface area contributed by atoms with Crippen LogP contribution in [-0.4, -0.2) is 26.0 Å². The van der Waals surface area contributed by atoms with Crippen molar-refractivity contribution in [2.24, 2.45) is 0 Å². The van der Waals surface area contributed by atoms with Crippen molar-refractivity contribution in [3.63, 3.8) is 0 Å². The summed E-state index contributed by atoms with van der Waals surface area (Å²) in [6.45, 7) is 0. The van der Waals surface area contributed by atoms with Gasteiger partial charge in [-0.3, -0.25) is 9.59 Å². The van der Waals surface area contributed by atoms with Crippen LogP contribution in [0, 0.1) is 5.82 Å². The minimum atomic E-state index is -3.76. The van der Waals surface area contributed by atoms with Gasteiger partial charge in [-0.1, -0.05) is 23.2 Å². The Bertz CT molecular complexity index is 1030. The van der Waals surface area contributed by atoms with Gasteiger partial charge in [0.1, 0.15) is 5.82 Å². The Balaban J connectivity index is 1.93. The highest BCUT2D eigenvalue weighted by Gasteiger charge is 2.36. The van der Waals surface area contributed by atoms with E-state index in [1.54, 1.807) is 0 Å². The molecule has 26 heavy (non-hydrogen) atoms. The van der Waals surface area contributed by atoms with Gasteiger partial charge in [0.25, 0.3) is 5.91 Å². The molecule has 3 rings (SSSR count).